The molecule has 4 heteroatoms. The lowest BCUT2D eigenvalue weighted by atomic mass is 10.1. The molecule has 1 unspecified atom stereocenters. The maximum Gasteiger partial charge on any atom is 0.100 e. The molecule has 0 spiro atoms. The third kappa shape index (κ3) is 19.8. The first kappa shape index (κ1) is 22.8. The van der Waals surface area contributed by atoms with Crippen molar-refractivity contribution in [3.63, 3.8) is 0 Å². The molecule has 0 aromatic carbocycles. The second kappa shape index (κ2) is 19.9. The molecule has 0 bridgehead atoms. The fourth-order valence-electron chi connectivity index (χ4n) is 2.54. The number of ether oxygens (including phenoxy) is 2. The quantitative estimate of drug-likeness (QED) is 0.350. The van der Waals surface area contributed by atoms with E-state index in [2.05, 4.69) is 6.92 Å². The van der Waals surface area contributed by atoms with Crippen LogP contribution in [0.2, 0.25) is 0 Å². The van der Waals surface area contributed by atoms with E-state index in [1.54, 1.807) is 0 Å². The van der Waals surface area contributed by atoms with Crippen LogP contribution in [-0.2, 0) is 9.47 Å². The summed E-state index contributed by atoms with van der Waals surface area (Å²) in [6, 6.07) is 0. The van der Waals surface area contributed by atoms with Crippen LogP contribution >= 0.6 is 0 Å². The van der Waals surface area contributed by atoms with Crippen molar-refractivity contribution < 1.29 is 19.7 Å². The zero-order valence-electron chi connectivity index (χ0n) is 15.3. The highest BCUT2D eigenvalue weighted by atomic mass is 16.5. The molecule has 2 N–H and O–H groups in total. The van der Waals surface area contributed by atoms with Gasteiger partial charge in [-0.15, -0.1) is 0 Å². The summed E-state index contributed by atoms with van der Waals surface area (Å²) >= 11 is 0. The standard InChI is InChI=1S/C19H40O4/c1-2-3-4-5-6-7-8-9-10-11-12-13-14-22-15-16-23-18-19(21)17-20/h19-21H,2-18H2,1H3. The van der Waals surface area contributed by atoms with Crippen molar-refractivity contribution in [2.24, 2.45) is 0 Å². The van der Waals surface area contributed by atoms with Gasteiger partial charge in [-0.2, -0.15) is 0 Å². The lowest BCUT2D eigenvalue weighted by molar-refractivity contribution is -0.0150. The summed E-state index contributed by atoms with van der Waals surface area (Å²) in [4.78, 5) is 0. The summed E-state index contributed by atoms with van der Waals surface area (Å²) in [6.07, 6.45) is 15.5. The van der Waals surface area contributed by atoms with E-state index in [0.29, 0.717) is 13.2 Å². The van der Waals surface area contributed by atoms with Gasteiger partial charge in [0.2, 0.25) is 0 Å². The Morgan fingerprint density at radius 2 is 1.13 bits per heavy atom. The van der Waals surface area contributed by atoms with E-state index >= 15 is 0 Å². The molecule has 0 aliphatic carbocycles. The van der Waals surface area contributed by atoms with Gasteiger partial charge < -0.3 is 19.7 Å². The highest BCUT2D eigenvalue weighted by Crippen LogP contribution is 2.11. The minimum absolute atomic E-state index is 0.179. The molecule has 23 heavy (non-hydrogen) atoms. The number of rotatable bonds is 19. The highest BCUT2D eigenvalue weighted by molar-refractivity contribution is 4.49. The first-order valence-electron chi connectivity index (χ1n) is 9.75. The second-order valence-electron chi connectivity index (χ2n) is 6.41. The summed E-state index contributed by atoms with van der Waals surface area (Å²) in [5.41, 5.74) is 0. The van der Waals surface area contributed by atoms with E-state index in [4.69, 9.17) is 19.7 Å². The largest absolute Gasteiger partial charge is 0.394 e. The monoisotopic (exact) mass is 332 g/mol. The summed E-state index contributed by atoms with van der Waals surface area (Å²) < 4.78 is 10.6. The fourth-order valence-corrected chi connectivity index (χ4v) is 2.54. The third-order valence-corrected chi connectivity index (χ3v) is 4.04. The topological polar surface area (TPSA) is 58.9 Å². The Morgan fingerprint density at radius 3 is 1.65 bits per heavy atom. The van der Waals surface area contributed by atoms with Crippen molar-refractivity contribution in [1.29, 1.82) is 0 Å². The van der Waals surface area contributed by atoms with Crippen molar-refractivity contribution >= 4 is 0 Å². The summed E-state index contributed by atoms with van der Waals surface area (Å²) in [5.74, 6) is 0. The van der Waals surface area contributed by atoms with Crippen LogP contribution in [0.1, 0.15) is 84.0 Å². The molecule has 0 aliphatic rings. The van der Waals surface area contributed by atoms with Gasteiger partial charge in [-0.05, 0) is 6.42 Å². The number of unbranched alkanes of at least 4 members (excludes halogenated alkanes) is 11. The van der Waals surface area contributed by atoms with E-state index in [0.717, 1.165) is 13.0 Å². The fraction of sp³-hybridized carbons (Fsp3) is 1.00. The first-order valence-corrected chi connectivity index (χ1v) is 9.75. The SMILES string of the molecule is CCCCCCCCCCCCCCOCCOCC(O)CO. The Bertz CT molecular complexity index is 212. The Hall–Kier alpha value is -0.160. The normalized spacial score (nSPS) is 12.7. The van der Waals surface area contributed by atoms with Gasteiger partial charge in [0, 0.05) is 6.61 Å². The molecule has 0 rings (SSSR count). The third-order valence-electron chi connectivity index (χ3n) is 4.04. The highest BCUT2D eigenvalue weighted by Gasteiger charge is 2.00. The van der Waals surface area contributed by atoms with Crippen LogP contribution in [0, 0.1) is 0 Å². The predicted molar refractivity (Wildman–Crippen MR) is 95.8 cm³/mol. The zero-order chi connectivity index (χ0) is 17.0. The van der Waals surface area contributed by atoms with Gasteiger partial charge >= 0.3 is 0 Å². The van der Waals surface area contributed by atoms with Crippen molar-refractivity contribution in [1.82, 2.24) is 0 Å². The second-order valence-corrected chi connectivity index (χ2v) is 6.41. The van der Waals surface area contributed by atoms with E-state index in [1.165, 1.54) is 70.6 Å². The first-order chi connectivity index (χ1) is 11.3. The molecular weight excluding hydrogens is 292 g/mol. The lowest BCUT2D eigenvalue weighted by Crippen LogP contribution is -2.20. The van der Waals surface area contributed by atoms with Gasteiger partial charge in [0.15, 0.2) is 0 Å². The van der Waals surface area contributed by atoms with Crippen LogP contribution in [0.25, 0.3) is 0 Å². The minimum atomic E-state index is -0.772. The number of hydrogen-bond donors (Lipinski definition) is 2. The molecule has 4 nitrogen and oxygen atoms in total. The van der Waals surface area contributed by atoms with Crippen LogP contribution < -0.4 is 0 Å². The number of aliphatic hydroxyl groups excluding tert-OH is 2. The average molecular weight is 333 g/mol. The van der Waals surface area contributed by atoms with E-state index in [-0.39, 0.29) is 13.2 Å². The zero-order valence-corrected chi connectivity index (χ0v) is 15.3. The number of aliphatic hydroxyl groups is 2. The lowest BCUT2D eigenvalue weighted by Gasteiger charge is -2.08. The van der Waals surface area contributed by atoms with E-state index in [9.17, 15) is 0 Å². The van der Waals surface area contributed by atoms with Gasteiger partial charge in [0.05, 0.1) is 26.4 Å². The Kier molecular flexibility index (Phi) is 19.7. The molecule has 0 heterocycles. The molecule has 0 fully saturated rings. The smallest absolute Gasteiger partial charge is 0.100 e. The maximum absolute atomic E-state index is 9.07. The van der Waals surface area contributed by atoms with Crippen LogP contribution in [-0.4, -0.2) is 49.4 Å². The number of hydrogen-bond acceptors (Lipinski definition) is 4. The molecule has 0 radical (unpaired) electrons. The van der Waals surface area contributed by atoms with Crippen LogP contribution in [0.5, 0.6) is 0 Å². The molecule has 140 valence electrons. The van der Waals surface area contributed by atoms with Gasteiger partial charge in [-0.1, -0.05) is 77.6 Å². The summed E-state index contributed by atoms with van der Waals surface area (Å²) in [6.45, 7) is 4.04. The molecule has 0 aromatic rings. The van der Waals surface area contributed by atoms with Crippen molar-refractivity contribution in [2.45, 2.75) is 90.1 Å². The molecule has 0 saturated carbocycles. The maximum atomic E-state index is 9.07. The molecular formula is C19H40O4. The summed E-state index contributed by atoms with van der Waals surface area (Å²) in [7, 11) is 0. The average Bonchev–Trinajstić information content (AvgIpc) is 2.57. The molecule has 0 saturated heterocycles. The molecule has 1 atom stereocenters. The Labute approximate surface area is 143 Å². The van der Waals surface area contributed by atoms with Gasteiger partial charge in [-0.3, -0.25) is 0 Å². The van der Waals surface area contributed by atoms with E-state index in [1.807, 2.05) is 0 Å². The van der Waals surface area contributed by atoms with Crippen LogP contribution in [0.4, 0.5) is 0 Å². The van der Waals surface area contributed by atoms with Crippen molar-refractivity contribution in [3.8, 4) is 0 Å². The predicted octanol–water partition coefficient (Wildman–Crippen LogP) is 4.07. The van der Waals surface area contributed by atoms with Gasteiger partial charge in [0.1, 0.15) is 6.10 Å². The molecule has 0 amide bonds. The van der Waals surface area contributed by atoms with Crippen molar-refractivity contribution in [2.75, 3.05) is 33.0 Å². The van der Waals surface area contributed by atoms with Gasteiger partial charge in [-0.25, -0.2) is 0 Å². The van der Waals surface area contributed by atoms with Crippen molar-refractivity contribution in [3.05, 3.63) is 0 Å². The summed E-state index contributed by atoms with van der Waals surface area (Å²) in [5, 5.41) is 17.7. The molecule has 0 aromatic heterocycles. The Balaban J connectivity index is 2.97. The van der Waals surface area contributed by atoms with Gasteiger partial charge in [0.25, 0.3) is 0 Å². The van der Waals surface area contributed by atoms with Crippen LogP contribution in [0.3, 0.4) is 0 Å². The molecule has 0 aliphatic heterocycles. The minimum Gasteiger partial charge on any atom is -0.394 e. The Morgan fingerprint density at radius 1 is 0.652 bits per heavy atom. The van der Waals surface area contributed by atoms with E-state index < -0.39 is 6.10 Å². The van der Waals surface area contributed by atoms with Crippen LogP contribution in [0.15, 0.2) is 0 Å².